The van der Waals surface area contributed by atoms with Gasteiger partial charge in [-0.1, -0.05) is 32.0 Å². The van der Waals surface area contributed by atoms with Gasteiger partial charge in [0.25, 0.3) is 0 Å². The average Bonchev–Trinajstić information content (AvgIpc) is 2.93. The minimum absolute atomic E-state index is 0.449. The number of nitrogens with zero attached hydrogens (tertiary/aromatic N) is 1. The Bertz CT molecular complexity index is 725. The predicted octanol–water partition coefficient (Wildman–Crippen LogP) is 3.92. The van der Waals surface area contributed by atoms with Crippen LogP contribution in [0.15, 0.2) is 53.3 Å². The molecule has 1 aromatic carbocycles. The molecule has 0 aliphatic rings. The lowest BCUT2D eigenvalue weighted by atomic mass is 10.0. The monoisotopic (exact) mass is 280 g/mol. The highest BCUT2D eigenvalue weighted by Gasteiger charge is 2.09. The average molecular weight is 280 g/mol. The Morgan fingerprint density at radius 3 is 2.81 bits per heavy atom. The lowest BCUT2D eigenvalue weighted by Gasteiger charge is -2.09. The van der Waals surface area contributed by atoms with Crippen LogP contribution in [0.25, 0.3) is 10.9 Å². The van der Waals surface area contributed by atoms with E-state index >= 15 is 0 Å². The summed E-state index contributed by atoms with van der Waals surface area (Å²) in [6.45, 7) is 5.04. The maximum absolute atomic E-state index is 5.62. The van der Waals surface area contributed by atoms with Gasteiger partial charge >= 0.3 is 0 Å². The van der Waals surface area contributed by atoms with Crippen molar-refractivity contribution in [2.24, 2.45) is 0 Å². The van der Waals surface area contributed by atoms with Gasteiger partial charge in [0.15, 0.2) is 0 Å². The molecule has 0 fully saturated rings. The molecule has 0 spiro atoms. The van der Waals surface area contributed by atoms with Gasteiger partial charge in [-0.05, 0) is 29.3 Å². The minimum Gasteiger partial charge on any atom is -0.468 e. The fourth-order valence-corrected chi connectivity index (χ4v) is 2.49. The molecular weight excluding hydrogens is 260 g/mol. The summed E-state index contributed by atoms with van der Waals surface area (Å²) in [5.74, 6) is 1.02. The molecule has 0 atom stereocenters. The summed E-state index contributed by atoms with van der Waals surface area (Å²) in [6, 6.07) is 12.9. The lowest BCUT2D eigenvalue weighted by molar-refractivity contribution is 0.461. The zero-order valence-corrected chi connectivity index (χ0v) is 12.5. The normalized spacial score (nSPS) is 11.4. The number of rotatable bonds is 5. The minimum atomic E-state index is 0.449. The Kier molecular flexibility index (Phi) is 4.02. The van der Waals surface area contributed by atoms with E-state index in [1.54, 1.807) is 6.26 Å². The molecule has 3 heteroatoms. The maximum Gasteiger partial charge on any atom is 0.121 e. The number of hydrogen-bond acceptors (Lipinski definition) is 3. The van der Waals surface area contributed by atoms with Crippen molar-refractivity contribution in [3.05, 3.63) is 65.7 Å². The van der Waals surface area contributed by atoms with Crippen LogP contribution < -0.4 is 5.32 Å². The largest absolute Gasteiger partial charge is 0.468 e. The predicted molar refractivity (Wildman–Crippen MR) is 85.2 cm³/mol. The first-order valence-corrected chi connectivity index (χ1v) is 7.35. The molecule has 0 saturated heterocycles. The van der Waals surface area contributed by atoms with E-state index in [-0.39, 0.29) is 0 Å². The molecule has 3 rings (SSSR count). The van der Waals surface area contributed by atoms with Gasteiger partial charge in [-0.3, -0.25) is 4.98 Å². The molecule has 0 bridgehead atoms. The van der Waals surface area contributed by atoms with E-state index in [0.29, 0.717) is 6.04 Å². The van der Waals surface area contributed by atoms with Gasteiger partial charge < -0.3 is 9.73 Å². The molecule has 2 heterocycles. The van der Waals surface area contributed by atoms with E-state index in [2.05, 4.69) is 54.5 Å². The second-order valence-corrected chi connectivity index (χ2v) is 5.57. The van der Waals surface area contributed by atoms with E-state index < -0.39 is 0 Å². The zero-order valence-electron chi connectivity index (χ0n) is 12.5. The molecule has 21 heavy (non-hydrogen) atoms. The highest BCUT2D eigenvalue weighted by molar-refractivity contribution is 5.82. The van der Waals surface area contributed by atoms with Gasteiger partial charge in [0.2, 0.25) is 0 Å². The first-order valence-electron chi connectivity index (χ1n) is 7.35. The number of furan rings is 1. The molecule has 0 unspecified atom stereocenters. The van der Waals surface area contributed by atoms with Crippen LogP contribution in [0, 0.1) is 0 Å². The number of para-hydroxylation sites is 1. The van der Waals surface area contributed by atoms with Crippen LogP contribution in [-0.4, -0.2) is 11.0 Å². The summed E-state index contributed by atoms with van der Waals surface area (Å²) < 4.78 is 5.62. The third-order valence-corrected chi connectivity index (χ3v) is 3.63. The van der Waals surface area contributed by atoms with Gasteiger partial charge in [-0.2, -0.15) is 0 Å². The van der Waals surface area contributed by atoms with Gasteiger partial charge in [0, 0.05) is 24.0 Å². The Hall–Kier alpha value is -2.13. The molecule has 0 saturated carbocycles. The van der Waals surface area contributed by atoms with Crippen molar-refractivity contribution in [2.45, 2.75) is 32.9 Å². The van der Waals surface area contributed by atoms with Crippen LogP contribution in [0.4, 0.5) is 0 Å². The molecule has 2 aromatic heterocycles. The highest BCUT2D eigenvalue weighted by atomic mass is 16.3. The van der Waals surface area contributed by atoms with E-state index in [9.17, 15) is 0 Å². The summed E-state index contributed by atoms with van der Waals surface area (Å²) >= 11 is 0. The Morgan fingerprint density at radius 1 is 1.10 bits per heavy atom. The topological polar surface area (TPSA) is 38.1 Å². The van der Waals surface area contributed by atoms with Crippen LogP contribution in [0.5, 0.6) is 0 Å². The summed E-state index contributed by atoms with van der Waals surface area (Å²) in [5, 5.41) is 4.62. The van der Waals surface area contributed by atoms with E-state index in [1.807, 2.05) is 12.3 Å². The highest BCUT2D eigenvalue weighted by Crippen LogP contribution is 2.22. The van der Waals surface area contributed by atoms with Crippen molar-refractivity contribution < 1.29 is 4.42 Å². The van der Waals surface area contributed by atoms with Crippen molar-refractivity contribution in [2.75, 3.05) is 0 Å². The van der Waals surface area contributed by atoms with Crippen LogP contribution in [0.1, 0.15) is 30.7 Å². The third-order valence-electron chi connectivity index (χ3n) is 3.63. The maximum atomic E-state index is 5.62. The SMILES string of the molecule is CC(C)NCc1occc1Cc1ccnc2ccccc12. The van der Waals surface area contributed by atoms with Crippen molar-refractivity contribution in [3.63, 3.8) is 0 Å². The van der Waals surface area contributed by atoms with Gasteiger partial charge in [0.05, 0.1) is 18.3 Å². The number of nitrogens with one attached hydrogen (secondary N) is 1. The van der Waals surface area contributed by atoms with Crippen molar-refractivity contribution in [1.82, 2.24) is 10.3 Å². The molecule has 1 N–H and O–H groups in total. The standard InChI is InChI=1S/C18H20N2O/c1-13(2)20-12-18-15(8-10-21-18)11-14-7-9-19-17-6-4-3-5-16(14)17/h3-10,13,20H,11-12H2,1-2H3. The molecular formula is C18H20N2O. The first-order chi connectivity index (χ1) is 10.2. The number of pyridine rings is 1. The Balaban J connectivity index is 1.87. The summed E-state index contributed by atoms with van der Waals surface area (Å²) in [5.41, 5.74) is 3.56. The number of benzene rings is 1. The number of aromatic nitrogens is 1. The summed E-state index contributed by atoms with van der Waals surface area (Å²) in [7, 11) is 0. The first kappa shape index (κ1) is 13.8. The second kappa shape index (κ2) is 6.10. The van der Waals surface area contributed by atoms with Crippen molar-refractivity contribution in [3.8, 4) is 0 Å². The van der Waals surface area contributed by atoms with Crippen molar-refractivity contribution in [1.29, 1.82) is 0 Å². The third kappa shape index (κ3) is 3.14. The van der Waals surface area contributed by atoms with Gasteiger partial charge in [0.1, 0.15) is 5.76 Å². The van der Waals surface area contributed by atoms with Crippen molar-refractivity contribution >= 4 is 10.9 Å². The van der Waals surface area contributed by atoms with E-state index in [4.69, 9.17) is 4.42 Å². The van der Waals surface area contributed by atoms with Crippen LogP contribution >= 0.6 is 0 Å². The molecule has 3 aromatic rings. The van der Waals surface area contributed by atoms with Crippen LogP contribution in [0.3, 0.4) is 0 Å². The molecule has 3 nitrogen and oxygen atoms in total. The van der Waals surface area contributed by atoms with E-state index in [0.717, 1.165) is 24.2 Å². The smallest absolute Gasteiger partial charge is 0.121 e. The molecule has 0 aliphatic heterocycles. The van der Waals surface area contributed by atoms with Crippen LogP contribution in [-0.2, 0) is 13.0 Å². The number of fused-ring (bicyclic) bond motifs is 1. The second-order valence-electron chi connectivity index (χ2n) is 5.57. The fraction of sp³-hybridized carbons (Fsp3) is 0.278. The van der Waals surface area contributed by atoms with E-state index in [1.165, 1.54) is 16.5 Å². The van der Waals surface area contributed by atoms with Crippen LogP contribution in [0.2, 0.25) is 0 Å². The number of hydrogen-bond donors (Lipinski definition) is 1. The summed E-state index contributed by atoms with van der Waals surface area (Å²) in [6.07, 6.45) is 4.52. The lowest BCUT2D eigenvalue weighted by Crippen LogP contribution is -2.22. The Labute approximate surface area is 125 Å². The molecule has 0 aliphatic carbocycles. The zero-order chi connectivity index (χ0) is 14.7. The summed E-state index contributed by atoms with van der Waals surface area (Å²) in [4.78, 5) is 4.42. The fourth-order valence-electron chi connectivity index (χ4n) is 2.49. The Morgan fingerprint density at radius 2 is 1.95 bits per heavy atom. The van der Waals surface area contributed by atoms with Gasteiger partial charge in [-0.25, -0.2) is 0 Å². The van der Waals surface area contributed by atoms with Gasteiger partial charge in [-0.15, -0.1) is 0 Å². The molecule has 0 amide bonds. The molecule has 0 radical (unpaired) electrons. The quantitative estimate of drug-likeness (QED) is 0.770. The molecule has 108 valence electrons.